The largest absolute Gasteiger partial charge is 0.489 e. The van der Waals surface area contributed by atoms with E-state index in [-0.39, 0.29) is 0 Å². The van der Waals surface area contributed by atoms with Crippen LogP contribution in [0.2, 0.25) is 0 Å². The van der Waals surface area contributed by atoms with Gasteiger partial charge in [-0.15, -0.1) is 0 Å². The molecule has 28 heavy (non-hydrogen) atoms. The van der Waals surface area contributed by atoms with Crippen LogP contribution in [0.25, 0.3) is 11.1 Å². The highest BCUT2D eigenvalue weighted by molar-refractivity contribution is 7.85. The van der Waals surface area contributed by atoms with Gasteiger partial charge in [-0.25, -0.2) is 0 Å². The molecule has 5 heteroatoms. The molecule has 3 aromatic rings. The van der Waals surface area contributed by atoms with Crippen molar-refractivity contribution in [3.8, 4) is 16.9 Å². The fourth-order valence-electron chi connectivity index (χ4n) is 3.09. The Labute approximate surface area is 167 Å². The van der Waals surface area contributed by atoms with E-state index in [1.807, 2.05) is 0 Å². The van der Waals surface area contributed by atoms with E-state index in [1.165, 1.54) is 22.3 Å². The monoisotopic (exact) mass is 394 g/mol. The Morgan fingerprint density at radius 1 is 0.929 bits per heavy atom. The second-order valence-corrected chi connectivity index (χ2v) is 8.06. The van der Waals surface area contributed by atoms with Gasteiger partial charge in [0.05, 0.1) is 10.8 Å². The van der Waals surface area contributed by atoms with Crippen molar-refractivity contribution in [2.24, 2.45) is 0 Å². The Morgan fingerprint density at radius 3 is 2.11 bits per heavy atom. The second-order valence-electron chi connectivity index (χ2n) is 6.61. The third-order valence-electron chi connectivity index (χ3n) is 4.47. The van der Waals surface area contributed by atoms with Gasteiger partial charge >= 0.3 is 5.97 Å². The van der Waals surface area contributed by atoms with E-state index in [4.69, 9.17) is 9.84 Å². The molecule has 0 aliphatic rings. The normalized spacial score (nSPS) is 11.8. The molecule has 0 aliphatic carbocycles. The molecule has 144 valence electrons. The van der Waals surface area contributed by atoms with E-state index < -0.39 is 22.5 Å². The molecule has 4 nitrogen and oxygen atoms in total. The number of benzene rings is 3. The Morgan fingerprint density at radius 2 is 1.54 bits per heavy atom. The first-order valence-electron chi connectivity index (χ1n) is 8.92. The van der Waals surface area contributed by atoms with Gasteiger partial charge in [0, 0.05) is 4.90 Å². The van der Waals surface area contributed by atoms with Crippen LogP contribution in [-0.4, -0.2) is 21.0 Å². The van der Waals surface area contributed by atoms with Gasteiger partial charge in [-0.2, -0.15) is 0 Å². The van der Waals surface area contributed by atoms with Crippen LogP contribution in [0.1, 0.15) is 16.7 Å². The highest BCUT2D eigenvalue weighted by atomic mass is 32.2. The number of ether oxygens (including phenoxy) is 1. The molecule has 0 spiro atoms. The van der Waals surface area contributed by atoms with Gasteiger partial charge in [0.2, 0.25) is 0 Å². The second kappa shape index (κ2) is 8.85. The SMILES string of the molecule is Cc1cccc(C)c1-c1ccc(COc2ccc(S(=O)CC(=O)O)cc2)cc1. The molecule has 0 fully saturated rings. The Bertz CT molecular complexity index is 972. The number of aryl methyl sites for hydroxylation is 2. The average Bonchev–Trinajstić information content (AvgIpc) is 2.67. The topological polar surface area (TPSA) is 63.6 Å². The average molecular weight is 394 g/mol. The molecule has 0 saturated carbocycles. The highest BCUT2D eigenvalue weighted by Gasteiger charge is 2.09. The summed E-state index contributed by atoms with van der Waals surface area (Å²) in [5, 5.41) is 8.71. The molecule has 0 heterocycles. The first-order valence-corrected chi connectivity index (χ1v) is 10.2. The number of carboxylic acids is 1. The predicted octanol–water partition coefficient (Wildman–Crippen LogP) is 4.74. The van der Waals surface area contributed by atoms with Crippen molar-refractivity contribution in [2.75, 3.05) is 5.75 Å². The van der Waals surface area contributed by atoms with Crippen molar-refractivity contribution in [3.63, 3.8) is 0 Å². The molecule has 1 N–H and O–H groups in total. The van der Waals surface area contributed by atoms with E-state index in [0.29, 0.717) is 17.3 Å². The molecular formula is C23H22O4S. The lowest BCUT2D eigenvalue weighted by atomic mass is 9.95. The quantitative estimate of drug-likeness (QED) is 0.629. The fourth-order valence-corrected chi connectivity index (χ4v) is 3.92. The smallest absolute Gasteiger partial charge is 0.316 e. The summed E-state index contributed by atoms with van der Waals surface area (Å²) in [6.07, 6.45) is 0. The van der Waals surface area contributed by atoms with Crippen LogP contribution in [0.15, 0.2) is 71.6 Å². The van der Waals surface area contributed by atoms with E-state index in [2.05, 4.69) is 56.3 Å². The number of hydrogen-bond donors (Lipinski definition) is 1. The number of rotatable bonds is 7. The van der Waals surface area contributed by atoms with Crippen molar-refractivity contribution in [2.45, 2.75) is 25.3 Å². The summed E-state index contributed by atoms with van der Waals surface area (Å²) >= 11 is 0. The third kappa shape index (κ3) is 4.87. The van der Waals surface area contributed by atoms with Crippen LogP contribution in [0.3, 0.4) is 0 Å². The van der Waals surface area contributed by atoms with Crippen LogP contribution in [-0.2, 0) is 22.2 Å². The van der Waals surface area contributed by atoms with Crippen LogP contribution in [0.5, 0.6) is 5.75 Å². The molecule has 0 aliphatic heterocycles. The minimum Gasteiger partial charge on any atom is -0.489 e. The van der Waals surface area contributed by atoms with Gasteiger partial charge in [-0.05, 0) is 65.9 Å². The van der Waals surface area contributed by atoms with Crippen molar-refractivity contribution < 1.29 is 18.8 Å². The van der Waals surface area contributed by atoms with Crippen LogP contribution in [0, 0.1) is 13.8 Å². The van der Waals surface area contributed by atoms with E-state index in [9.17, 15) is 9.00 Å². The van der Waals surface area contributed by atoms with Gasteiger partial charge in [0.25, 0.3) is 0 Å². The Hall–Kier alpha value is -2.92. The van der Waals surface area contributed by atoms with Crippen LogP contribution in [0.4, 0.5) is 0 Å². The summed E-state index contributed by atoms with van der Waals surface area (Å²) in [6.45, 7) is 4.66. The molecule has 0 radical (unpaired) electrons. The van der Waals surface area contributed by atoms with Crippen molar-refractivity contribution >= 4 is 16.8 Å². The lowest BCUT2D eigenvalue weighted by molar-refractivity contribution is -0.133. The minimum atomic E-state index is -1.54. The minimum absolute atomic E-state index is 0.396. The first-order chi connectivity index (χ1) is 13.4. The molecule has 0 saturated heterocycles. The zero-order valence-corrected chi connectivity index (χ0v) is 16.7. The summed E-state index contributed by atoms with van der Waals surface area (Å²) < 4.78 is 17.6. The third-order valence-corrected chi connectivity index (χ3v) is 5.78. The van der Waals surface area contributed by atoms with E-state index in [0.717, 1.165) is 5.56 Å². The lowest BCUT2D eigenvalue weighted by Crippen LogP contribution is -2.09. The molecule has 3 rings (SSSR count). The molecule has 3 aromatic carbocycles. The molecule has 1 unspecified atom stereocenters. The Balaban J connectivity index is 1.64. The summed E-state index contributed by atoms with van der Waals surface area (Å²) in [6, 6.07) is 21.3. The molecule has 0 amide bonds. The Kier molecular flexibility index (Phi) is 6.26. The number of hydrogen-bond acceptors (Lipinski definition) is 3. The van der Waals surface area contributed by atoms with Crippen molar-refractivity contribution in [1.82, 2.24) is 0 Å². The van der Waals surface area contributed by atoms with Gasteiger partial charge < -0.3 is 9.84 Å². The fraction of sp³-hybridized carbons (Fsp3) is 0.174. The van der Waals surface area contributed by atoms with Gasteiger partial charge in [0.15, 0.2) is 0 Å². The predicted molar refractivity (Wildman–Crippen MR) is 111 cm³/mol. The zero-order valence-electron chi connectivity index (χ0n) is 15.8. The van der Waals surface area contributed by atoms with Crippen LogP contribution < -0.4 is 4.74 Å². The number of carboxylic acid groups (broad SMARTS) is 1. The molecular weight excluding hydrogens is 372 g/mol. The maximum Gasteiger partial charge on any atom is 0.316 e. The summed E-state index contributed by atoms with van der Waals surface area (Å²) in [4.78, 5) is 11.1. The zero-order chi connectivity index (χ0) is 20.1. The molecule has 0 bridgehead atoms. The maximum atomic E-state index is 11.8. The van der Waals surface area contributed by atoms with Gasteiger partial charge in [0.1, 0.15) is 18.1 Å². The van der Waals surface area contributed by atoms with Crippen molar-refractivity contribution in [3.05, 3.63) is 83.4 Å². The van der Waals surface area contributed by atoms with Crippen molar-refractivity contribution in [1.29, 1.82) is 0 Å². The summed E-state index contributed by atoms with van der Waals surface area (Å²) in [5.41, 5.74) is 6.01. The summed E-state index contributed by atoms with van der Waals surface area (Å²) in [5.74, 6) is -0.828. The van der Waals surface area contributed by atoms with Gasteiger partial charge in [-0.1, -0.05) is 42.5 Å². The molecule has 0 aromatic heterocycles. The number of carbonyl (C=O) groups is 1. The standard InChI is InChI=1S/C23H22O4S/c1-16-4-3-5-17(2)23(16)19-8-6-18(7-9-19)14-27-20-10-12-21(13-11-20)28(26)15-22(24)25/h3-13H,14-15H2,1-2H3,(H,24,25). The summed E-state index contributed by atoms with van der Waals surface area (Å²) in [7, 11) is -1.54. The van der Waals surface area contributed by atoms with E-state index >= 15 is 0 Å². The molecule has 1 atom stereocenters. The van der Waals surface area contributed by atoms with Crippen LogP contribution >= 0.6 is 0 Å². The lowest BCUT2D eigenvalue weighted by Gasteiger charge is -2.11. The first kappa shape index (κ1) is 19.8. The van der Waals surface area contributed by atoms with Gasteiger partial charge in [-0.3, -0.25) is 9.00 Å². The maximum absolute atomic E-state index is 11.8. The number of aliphatic carboxylic acids is 1. The highest BCUT2D eigenvalue weighted by Crippen LogP contribution is 2.27. The van der Waals surface area contributed by atoms with E-state index in [1.54, 1.807) is 24.3 Å².